The van der Waals surface area contributed by atoms with Crippen LogP contribution in [0.1, 0.15) is 10.4 Å². The molecule has 1 unspecified atom stereocenters. The number of rotatable bonds is 5. The van der Waals surface area contributed by atoms with Crippen molar-refractivity contribution in [3.63, 3.8) is 0 Å². The van der Waals surface area contributed by atoms with Crippen LogP contribution in [-0.2, 0) is 0 Å². The van der Waals surface area contributed by atoms with Crippen molar-refractivity contribution in [2.45, 2.75) is 6.10 Å². The Bertz CT molecular complexity index is 1020. The third-order valence-corrected chi connectivity index (χ3v) is 5.08. The number of ether oxygens (including phenoxy) is 3. The third kappa shape index (κ3) is 3.89. The first-order chi connectivity index (χ1) is 14.1. The summed E-state index contributed by atoms with van der Waals surface area (Å²) in [6.07, 6.45) is 3.50. The van der Waals surface area contributed by atoms with Gasteiger partial charge in [0.1, 0.15) is 12.4 Å². The molecule has 1 amide bonds. The highest BCUT2D eigenvalue weighted by Crippen LogP contribution is 2.32. The van der Waals surface area contributed by atoms with Gasteiger partial charge in [-0.15, -0.1) is 0 Å². The lowest BCUT2D eigenvalue weighted by molar-refractivity contribution is 0.0519. The number of fused-ring (bicyclic) bond motifs is 1. The minimum absolute atomic E-state index is 0.203. The summed E-state index contributed by atoms with van der Waals surface area (Å²) in [4.78, 5) is 14.7. The largest absolute Gasteiger partial charge is 0.496 e. The molecule has 2 aromatic carbocycles. The van der Waals surface area contributed by atoms with Gasteiger partial charge in [-0.1, -0.05) is 23.7 Å². The lowest BCUT2D eigenvalue weighted by Crippen LogP contribution is -2.41. The second-order valence-electron chi connectivity index (χ2n) is 6.78. The van der Waals surface area contributed by atoms with Crippen LogP contribution < -0.4 is 14.2 Å². The van der Waals surface area contributed by atoms with Crippen molar-refractivity contribution in [1.82, 2.24) is 9.47 Å². The molecule has 0 spiro atoms. The topological polar surface area (TPSA) is 52.9 Å². The van der Waals surface area contributed by atoms with Gasteiger partial charge in [-0.05, 0) is 30.3 Å². The van der Waals surface area contributed by atoms with Gasteiger partial charge in [-0.3, -0.25) is 4.79 Å². The molecule has 0 saturated heterocycles. The molecule has 1 aliphatic heterocycles. The quantitative estimate of drug-likeness (QED) is 0.634. The van der Waals surface area contributed by atoms with E-state index in [9.17, 15) is 4.79 Å². The van der Waals surface area contributed by atoms with E-state index in [0.717, 1.165) is 5.69 Å². The summed E-state index contributed by atoms with van der Waals surface area (Å²) in [7, 11) is 3.26. The number of nitrogens with zero attached hydrogens (tertiary/aromatic N) is 2. The first-order valence-electron chi connectivity index (χ1n) is 9.21. The fourth-order valence-electron chi connectivity index (χ4n) is 3.32. The summed E-state index contributed by atoms with van der Waals surface area (Å²) in [6.45, 7) is 0.742. The SMILES string of the molecule is COc1cc(-n2cccc2)c(Cl)cc1C(=O)N(C)CC1COc2ccccc2O1. The molecule has 6 nitrogen and oxygen atoms in total. The van der Waals surface area contributed by atoms with Crippen molar-refractivity contribution in [3.05, 3.63) is 71.5 Å². The number of benzene rings is 2. The molecule has 1 aromatic heterocycles. The van der Waals surface area contributed by atoms with Crippen molar-refractivity contribution in [1.29, 1.82) is 0 Å². The van der Waals surface area contributed by atoms with Crippen molar-refractivity contribution in [3.8, 4) is 22.9 Å². The predicted octanol–water partition coefficient (Wildman–Crippen LogP) is 4.05. The molecule has 0 radical (unpaired) electrons. The number of hydrogen-bond acceptors (Lipinski definition) is 4. The molecule has 4 rings (SSSR count). The fraction of sp³-hybridized carbons (Fsp3) is 0.227. The van der Waals surface area contributed by atoms with E-state index in [-0.39, 0.29) is 12.0 Å². The summed E-state index contributed by atoms with van der Waals surface area (Å²) in [6, 6.07) is 14.7. The van der Waals surface area contributed by atoms with Crippen molar-refractivity contribution >= 4 is 17.5 Å². The standard InChI is InChI=1S/C22H21ClN2O4/c1-24(13-15-14-28-19-7-3-4-8-20(19)29-15)22(26)16-11-17(23)18(12-21(16)27-2)25-9-5-6-10-25/h3-12,15H,13-14H2,1-2H3. The molecule has 0 bridgehead atoms. The van der Waals surface area contributed by atoms with E-state index in [0.29, 0.717) is 41.0 Å². The number of carbonyl (C=O) groups is 1. The second-order valence-corrected chi connectivity index (χ2v) is 7.18. The number of carbonyl (C=O) groups excluding carboxylic acids is 1. The molecule has 2 heterocycles. The van der Waals surface area contributed by atoms with Crippen LogP contribution in [0.3, 0.4) is 0 Å². The van der Waals surface area contributed by atoms with Crippen molar-refractivity contribution in [2.75, 3.05) is 27.3 Å². The van der Waals surface area contributed by atoms with Gasteiger partial charge in [0.05, 0.1) is 29.9 Å². The van der Waals surface area contributed by atoms with E-state index in [2.05, 4.69) is 0 Å². The van der Waals surface area contributed by atoms with Crippen LogP contribution in [0.4, 0.5) is 0 Å². The maximum atomic E-state index is 13.1. The molecule has 1 aliphatic rings. The van der Waals surface area contributed by atoms with E-state index < -0.39 is 0 Å². The maximum Gasteiger partial charge on any atom is 0.257 e. The Kier molecular flexibility index (Phi) is 5.36. The molecular weight excluding hydrogens is 392 g/mol. The van der Waals surface area contributed by atoms with Gasteiger partial charge in [-0.2, -0.15) is 0 Å². The zero-order chi connectivity index (χ0) is 20.4. The summed E-state index contributed by atoms with van der Waals surface area (Å²) in [5, 5.41) is 0.463. The van der Waals surface area contributed by atoms with E-state index >= 15 is 0 Å². The number of halogens is 1. The Balaban J connectivity index is 1.52. The van der Waals surface area contributed by atoms with Gasteiger partial charge < -0.3 is 23.7 Å². The van der Waals surface area contributed by atoms with Crippen LogP contribution in [0.5, 0.6) is 17.2 Å². The number of hydrogen-bond donors (Lipinski definition) is 0. The number of aromatic nitrogens is 1. The van der Waals surface area contributed by atoms with Gasteiger partial charge in [-0.25, -0.2) is 0 Å². The van der Waals surface area contributed by atoms with Gasteiger partial charge in [0.2, 0.25) is 0 Å². The first kappa shape index (κ1) is 19.2. The average molecular weight is 413 g/mol. The minimum Gasteiger partial charge on any atom is -0.496 e. The van der Waals surface area contributed by atoms with Crippen molar-refractivity contribution < 1.29 is 19.0 Å². The third-order valence-electron chi connectivity index (χ3n) is 4.77. The van der Waals surface area contributed by atoms with E-state index in [4.69, 9.17) is 25.8 Å². The Morgan fingerprint density at radius 3 is 2.66 bits per heavy atom. The Labute approximate surface area is 174 Å². The highest BCUT2D eigenvalue weighted by Gasteiger charge is 2.26. The van der Waals surface area contributed by atoms with Crippen molar-refractivity contribution in [2.24, 2.45) is 0 Å². The zero-order valence-corrected chi connectivity index (χ0v) is 16.9. The van der Waals surface area contributed by atoms with Crippen LogP contribution in [0, 0.1) is 0 Å². The van der Waals surface area contributed by atoms with Crippen LogP contribution in [0.15, 0.2) is 60.9 Å². The van der Waals surface area contributed by atoms with Gasteiger partial charge in [0, 0.05) is 25.5 Å². The predicted molar refractivity (Wildman–Crippen MR) is 111 cm³/mol. The Morgan fingerprint density at radius 1 is 1.21 bits per heavy atom. The highest BCUT2D eigenvalue weighted by atomic mass is 35.5. The molecule has 150 valence electrons. The van der Waals surface area contributed by atoms with E-state index in [1.165, 1.54) is 7.11 Å². The normalized spacial score (nSPS) is 15.1. The fourth-order valence-corrected chi connectivity index (χ4v) is 3.58. The second kappa shape index (κ2) is 8.09. The van der Waals surface area contributed by atoms with E-state index in [1.54, 1.807) is 24.1 Å². The molecule has 0 fully saturated rings. The monoisotopic (exact) mass is 412 g/mol. The Morgan fingerprint density at radius 2 is 1.93 bits per heavy atom. The van der Waals surface area contributed by atoms with Gasteiger partial charge in [0.15, 0.2) is 17.6 Å². The Hall–Kier alpha value is -3.12. The molecule has 29 heavy (non-hydrogen) atoms. The van der Waals surface area contributed by atoms with E-state index in [1.807, 2.05) is 53.4 Å². The lowest BCUT2D eigenvalue weighted by atomic mass is 10.1. The average Bonchev–Trinajstić information content (AvgIpc) is 3.27. The zero-order valence-electron chi connectivity index (χ0n) is 16.2. The molecule has 3 aromatic rings. The number of para-hydroxylation sites is 2. The highest BCUT2D eigenvalue weighted by molar-refractivity contribution is 6.33. The van der Waals surface area contributed by atoms with Crippen LogP contribution in [0.25, 0.3) is 5.69 Å². The van der Waals surface area contributed by atoms with Gasteiger partial charge in [0.25, 0.3) is 5.91 Å². The molecule has 0 N–H and O–H groups in total. The number of likely N-dealkylation sites (N-methyl/N-ethyl adjacent to an activating group) is 1. The summed E-state index contributed by atoms with van der Waals surface area (Å²) < 4.78 is 19.0. The molecular formula is C22H21ClN2O4. The molecule has 7 heteroatoms. The van der Waals surface area contributed by atoms with Crippen LogP contribution >= 0.6 is 11.6 Å². The summed E-state index contributed by atoms with van der Waals surface area (Å²) in [5.41, 5.74) is 1.14. The smallest absolute Gasteiger partial charge is 0.257 e. The molecule has 0 saturated carbocycles. The number of amides is 1. The summed E-state index contributed by atoms with van der Waals surface area (Å²) >= 11 is 6.45. The molecule has 0 aliphatic carbocycles. The summed E-state index contributed by atoms with van der Waals surface area (Å²) in [5.74, 6) is 1.65. The molecule has 1 atom stereocenters. The minimum atomic E-state index is -0.264. The number of methoxy groups -OCH3 is 1. The maximum absolute atomic E-state index is 13.1. The lowest BCUT2D eigenvalue weighted by Gasteiger charge is -2.30. The van der Waals surface area contributed by atoms with Crippen LogP contribution in [0.2, 0.25) is 5.02 Å². The van der Waals surface area contributed by atoms with Crippen LogP contribution in [-0.4, -0.2) is 48.8 Å². The first-order valence-corrected chi connectivity index (χ1v) is 9.59. The van der Waals surface area contributed by atoms with Gasteiger partial charge >= 0.3 is 0 Å².